The number of amides is 1. The van der Waals surface area contributed by atoms with E-state index in [0.29, 0.717) is 5.75 Å². The molecule has 0 radical (unpaired) electrons. The topological polar surface area (TPSA) is 20.3 Å². The molecule has 0 saturated carbocycles. The lowest BCUT2D eigenvalue weighted by molar-refractivity contribution is -0.122. The van der Waals surface area contributed by atoms with Crippen LogP contribution in [0.3, 0.4) is 0 Å². The zero-order chi connectivity index (χ0) is 5.98. The van der Waals surface area contributed by atoms with Crippen LogP contribution in [-0.4, -0.2) is 27.1 Å². The maximum atomic E-state index is 10.7. The fourth-order valence-electron chi connectivity index (χ4n) is 0.499. The van der Waals surface area contributed by atoms with Gasteiger partial charge in [-0.1, -0.05) is 0 Å². The van der Waals surface area contributed by atoms with Crippen molar-refractivity contribution in [1.29, 1.82) is 0 Å². The Morgan fingerprint density at radius 2 is 2.50 bits per heavy atom. The highest BCUT2D eigenvalue weighted by Crippen LogP contribution is 2.13. The summed E-state index contributed by atoms with van der Waals surface area (Å²) in [6.45, 7) is 0.907. The van der Waals surface area contributed by atoms with Gasteiger partial charge in [-0.15, -0.1) is 0 Å². The molecular formula is C4H6INOS. The van der Waals surface area contributed by atoms with E-state index >= 15 is 0 Å². The molecule has 0 spiro atoms. The molecule has 1 heterocycles. The molecule has 0 N–H and O–H groups in total. The van der Waals surface area contributed by atoms with Gasteiger partial charge in [0, 0.05) is 12.3 Å². The van der Waals surface area contributed by atoms with Crippen molar-refractivity contribution in [3.05, 3.63) is 0 Å². The summed E-state index contributed by atoms with van der Waals surface area (Å²) in [5.41, 5.74) is 0. The van der Waals surface area contributed by atoms with Crippen molar-refractivity contribution < 1.29 is 4.79 Å². The number of thioether (sulfide) groups is 1. The number of rotatable bonds is 0. The van der Waals surface area contributed by atoms with Crippen molar-refractivity contribution in [3.63, 3.8) is 0 Å². The number of hydrogen-bond donors (Lipinski definition) is 0. The molecule has 2 nitrogen and oxygen atoms in total. The molecule has 0 unspecified atom stereocenters. The first kappa shape index (κ1) is 6.67. The van der Waals surface area contributed by atoms with Crippen molar-refractivity contribution in [2.45, 2.75) is 0 Å². The first-order valence-electron chi connectivity index (χ1n) is 2.34. The van der Waals surface area contributed by atoms with Crippen LogP contribution in [0.5, 0.6) is 0 Å². The van der Waals surface area contributed by atoms with Gasteiger partial charge in [-0.2, -0.15) is 11.8 Å². The molecule has 0 bridgehead atoms. The van der Waals surface area contributed by atoms with Crippen LogP contribution >= 0.6 is 34.6 Å². The zero-order valence-corrected chi connectivity index (χ0v) is 7.24. The van der Waals surface area contributed by atoms with Crippen molar-refractivity contribution in [1.82, 2.24) is 3.11 Å². The van der Waals surface area contributed by atoms with E-state index < -0.39 is 0 Å². The lowest BCUT2D eigenvalue weighted by Crippen LogP contribution is -2.29. The molecule has 0 atom stereocenters. The number of halogens is 1. The van der Waals surface area contributed by atoms with Crippen LogP contribution in [-0.2, 0) is 4.79 Å². The van der Waals surface area contributed by atoms with Gasteiger partial charge in [0.2, 0.25) is 5.91 Å². The number of nitrogens with zero attached hydrogens (tertiary/aromatic N) is 1. The smallest absolute Gasteiger partial charge is 0.241 e. The van der Waals surface area contributed by atoms with E-state index in [4.69, 9.17) is 0 Å². The third kappa shape index (κ3) is 1.51. The second-order valence-electron chi connectivity index (χ2n) is 1.53. The SMILES string of the molecule is O=C1CSCCN1I. The fraction of sp³-hybridized carbons (Fsp3) is 0.750. The summed E-state index contributed by atoms with van der Waals surface area (Å²) in [7, 11) is 0. The summed E-state index contributed by atoms with van der Waals surface area (Å²) >= 11 is 3.76. The van der Waals surface area contributed by atoms with E-state index in [1.165, 1.54) is 0 Å². The Hall–Kier alpha value is 0.550. The summed E-state index contributed by atoms with van der Waals surface area (Å²) < 4.78 is 1.74. The van der Waals surface area contributed by atoms with E-state index in [9.17, 15) is 4.79 Å². The number of carbonyl (C=O) groups is 1. The van der Waals surface area contributed by atoms with Gasteiger partial charge in [0.25, 0.3) is 0 Å². The Labute approximate surface area is 66.5 Å². The maximum Gasteiger partial charge on any atom is 0.241 e. The average molecular weight is 243 g/mol. The van der Waals surface area contributed by atoms with Gasteiger partial charge in [-0.25, -0.2) is 0 Å². The van der Waals surface area contributed by atoms with Crippen molar-refractivity contribution >= 4 is 40.5 Å². The molecule has 0 aromatic carbocycles. The van der Waals surface area contributed by atoms with Crippen LogP contribution in [0.15, 0.2) is 0 Å². The van der Waals surface area contributed by atoms with E-state index in [2.05, 4.69) is 22.9 Å². The molecule has 46 valence electrons. The molecule has 1 rings (SSSR count). The normalized spacial score (nSPS) is 21.6. The minimum Gasteiger partial charge on any atom is -0.283 e. The highest BCUT2D eigenvalue weighted by Gasteiger charge is 2.14. The molecule has 1 aliphatic rings. The quantitative estimate of drug-likeness (QED) is 0.465. The van der Waals surface area contributed by atoms with Crippen molar-refractivity contribution in [2.75, 3.05) is 18.1 Å². The molecular weight excluding hydrogens is 237 g/mol. The largest absolute Gasteiger partial charge is 0.283 e. The summed E-state index contributed by atoms with van der Waals surface area (Å²) in [4.78, 5) is 10.7. The highest BCUT2D eigenvalue weighted by molar-refractivity contribution is 14.1. The molecule has 1 fully saturated rings. The number of carbonyl (C=O) groups excluding carboxylic acids is 1. The Bertz CT molecular complexity index is 108. The van der Waals surface area contributed by atoms with Gasteiger partial charge in [0.1, 0.15) is 0 Å². The summed E-state index contributed by atoms with van der Waals surface area (Å²) in [6.07, 6.45) is 0. The third-order valence-electron chi connectivity index (χ3n) is 0.928. The Morgan fingerprint density at radius 1 is 1.75 bits per heavy atom. The summed E-state index contributed by atoms with van der Waals surface area (Å²) in [6, 6.07) is 0. The van der Waals surface area contributed by atoms with Crippen LogP contribution in [0.2, 0.25) is 0 Å². The molecule has 1 amide bonds. The number of hydrogen-bond acceptors (Lipinski definition) is 2. The first-order chi connectivity index (χ1) is 3.80. The second kappa shape index (κ2) is 2.91. The van der Waals surface area contributed by atoms with Gasteiger partial charge in [-0.05, 0) is 0 Å². The molecule has 4 heteroatoms. The predicted molar refractivity (Wildman–Crippen MR) is 43.1 cm³/mol. The standard InChI is InChI=1S/C4H6INOS/c5-6-1-2-8-3-4(6)7/h1-3H2. The van der Waals surface area contributed by atoms with Crippen LogP contribution in [0.1, 0.15) is 0 Å². The molecule has 1 saturated heterocycles. The summed E-state index contributed by atoms with van der Waals surface area (Å²) in [5.74, 6) is 2.01. The molecule has 0 aromatic heterocycles. The Kier molecular flexibility index (Phi) is 2.43. The van der Waals surface area contributed by atoms with E-state index in [0.717, 1.165) is 12.3 Å². The molecule has 8 heavy (non-hydrogen) atoms. The van der Waals surface area contributed by atoms with Crippen LogP contribution in [0, 0.1) is 0 Å². The van der Waals surface area contributed by atoms with Gasteiger partial charge in [-0.3, -0.25) is 7.91 Å². The third-order valence-corrected chi connectivity index (χ3v) is 2.87. The van der Waals surface area contributed by atoms with Crippen LogP contribution in [0.4, 0.5) is 0 Å². The monoisotopic (exact) mass is 243 g/mol. The second-order valence-corrected chi connectivity index (χ2v) is 3.80. The minimum absolute atomic E-state index is 0.252. The first-order valence-corrected chi connectivity index (χ1v) is 4.46. The molecule has 0 aromatic rings. The zero-order valence-electron chi connectivity index (χ0n) is 4.26. The highest BCUT2D eigenvalue weighted by atomic mass is 127. The van der Waals surface area contributed by atoms with E-state index in [1.54, 1.807) is 14.9 Å². The van der Waals surface area contributed by atoms with E-state index in [1.807, 2.05) is 0 Å². The van der Waals surface area contributed by atoms with Crippen LogP contribution in [0.25, 0.3) is 0 Å². The van der Waals surface area contributed by atoms with Crippen molar-refractivity contribution in [3.8, 4) is 0 Å². The van der Waals surface area contributed by atoms with E-state index in [-0.39, 0.29) is 5.91 Å². The van der Waals surface area contributed by atoms with Gasteiger partial charge >= 0.3 is 0 Å². The Morgan fingerprint density at radius 3 is 2.88 bits per heavy atom. The Balaban J connectivity index is 2.39. The van der Waals surface area contributed by atoms with Crippen molar-refractivity contribution in [2.24, 2.45) is 0 Å². The minimum atomic E-state index is 0.252. The summed E-state index contributed by atoms with van der Waals surface area (Å²) in [5, 5.41) is 0. The lowest BCUT2D eigenvalue weighted by Gasteiger charge is -2.18. The fourth-order valence-corrected chi connectivity index (χ4v) is 2.26. The van der Waals surface area contributed by atoms with Gasteiger partial charge in [0.15, 0.2) is 0 Å². The molecule has 1 aliphatic heterocycles. The maximum absolute atomic E-state index is 10.7. The molecule has 0 aliphatic carbocycles. The lowest BCUT2D eigenvalue weighted by atomic mass is 10.6. The average Bonchev–Trinajstić information content (AvgIpc) is 1.77. The van der Waals surface area contributed by atoms with Crippen LogP contribution < -0.4 is 0 Å². The predicted octanol–water partition coefficient (Wildman–Crippen LogP) is 0.912. The van der Waals surface area contributed by atoms with Gasteiger partial charge in [0.05, 0.1) is 28.6 Å². The van der Waals surface area contributed by atoms with Gasteiger partial charge < -0.3 is 0 Å².